The van der Waals surface area contributed by atoms with Crippen molar-refractivity contribution in [2.75, 3.05) is 6.54 Å². The van der Waals surface area contributed by atoms with Crippen molar-refractivity contribution in [3.8, 4) is 9.75 Å². The molecule has 4 nitrogen and oxygen atoms in total. The predicted molar refractivity (Wildman–Crippen MR) is 207 cm³/mol. The van der Waals surface area contributed by atoms with E-state index >= 15 is 0 Å². The summed E-state index contributed by atoms with van der Waals surface area (Å²) in [5, 5.41) is 0. The second-order valence-electron chi connectivity index (χ2n) is 14.1. The van der Waals surface area contributed by atoms with Crippen LogP contribution in [0.5, 0.6) is 0 Å². The second kappa shape index (κ2) is 16.6. The number of carbonyl (C=O) groups is 2. The molecule has 0 bridgehead atoms. The Morgan fingerprint density at radius 1 is 0.660 bits per heavy atom. The van der Waals surface area contributed by atoms with E-state index in [-0.39, 0.29) is 11.8 Å². The summed E-state index contributed by atoms with van der Waals surface area (Å²) in [7, 11) is 0. The number of rotatable bonds is 20. The summed E-state index contributed by atoms with van der Waals surface area (Å²) in [5.74, 6) is 1.29. The van der Waals surface area contributed by atoms with Gasteiger partial charge in [-0.05, 0) is 57.1 Å². The van der Waals surface area contributed by atoms with Crippen LogP contribution in [0.2, 0.25) is 0 Å². The fraction of sp³-hybridized carbons (Fsp3) is 0.650. The van der Waals surface area contributed by atoms with Gasteiger partial charge in [-0.2, -0.15) is 0 Å². The third-order valence-corrected chi connectivity index (χ3v) is 14.3. The predicted octanol–water partition coefficient (Wildman–Crippen LogP) is 13.6. The molecule has 0 aliphatic carbocycles. The zero-order chi connectivity index (χ0) is 33.7. The van der Waals surface area contributed by atoms with Gasteiger partial charge in [-0.25, -0.2) is 0 Å². The molecule has 0 saturated carbocycles. The van der Waals surface area contributed by atoms with Crippen LogP contribution in [-0.4, -0.2) is 27.8 Å². The van der Waals surface area contributed by atoms with Crippen LogP contribution >= 0.6 is 34.0 Å². The molecule has 5 heterocycles. The highest BCUT2D eigenvalue weighted by Crippen LogP contribution is 2.50. The van der Waals surface area contributed by atoms with Crippen LogP contribution in [0.25, 0.3) is 30.2 Å². The lowest BCUT2D eigenvalue weighted by atomic mass is 9.85. The van der Waals surface area contributed by atoms with Gasteiger partial charge in [0, 0.05) is 27.2 Å². The lowest BCUT2D eigenvalue weighted by molar-refractivity contribution is 0.0651. The van der Waals surface area contributed by atoms with Crippen molar-refractivity contribution in [3.63, 3.8) is 0 Å². The van der Waals surface area contributed by atoms with Gasteiger partial charge in [0.1, 0.15) is 0 Å². The molecule has 0 spiro atoms. The Morgan fingerprint density at radius 3 is 1.85 bits per heavy atom. The average Bonchev–Trinajstić information content (AvgIpc) is 3.84. The number of imide groups is 1. The van der Waals surface area contributed by atoms with Gasteiger partial charge < -0.3 is 4.57 Å². The van der Waals surface area contributed by atoms with Gasteiger partial charge in [-0.3, -0.25) is 14.5 Å². The number of hydrogen-bond acceptors (Lipinski definition) is 5. The minimum Gasteiger partial charge on any atom is -0.336 e. The first-order chi connectivity index (χ1) is 22.8. The van der Waals surface area contributed by atoms with Gasteiger partial charge in [0.2, 0.25) is 0 Å². The van der Waals surface area contributed by atoms with E-state index in [9.17, 15) is 9.59 Å². The maximum atomic E-state index is 13.9. The van der Waals surface area contributed by atoms with Crippen molar-refractivity contribution >= 4 is 66.3 Å². The molecule has 0 radical (unpaired) electrons. The lowest BCUT2D eigenvalue weighted by Crippen LogP contribution is -2.31. The number of fused-ring (bicyclic) bond motifs is 4. The molecule has 2 amide bonds. The highest BCUT2D eigenvalue weighted by atomic mass is 32.1. The summed E-state index contributed by atoms with van der Waals surface area (Å²) >= 11 is 5.39. The number of aryl methyl sites for hydroxylation is 2. The normalized spacial score (nSPS) is 15.4. The van der Waals surface area contributed by atoms with Crippen molar-refractivity contribution in [2.24, 2.45) is 11.8 Å². The summed E-state index contributed by atoms with van der Waals surface area (Å²) in [6.07, 6.45) is 18.2. The Kier molecular flexibility index (Phi) is 12.9. The Bertz CT molecular complexity index is 1630. The van der Waals surface area contributed by atoms with Crippen LogP contribution in [0.4, 0.5) is 0 Å². The maximum Gasteiger partial charge on any atom is 0.263 e. The van der Waals surface area contributed by atoms with Crippen LogP contribution in [0.1, 0.15) is 167 Å². The molecular formula is C40H58N2O2S3. The molecule has 0 aromatic carbocycles. The summed E-state index contributed by atoms with van der Waals surface area (Å²) in [4.78, 5) is 33.4. The molecule has 2 atom stereocenters. The van der Waals surface area contributed by atoms with Crippen molar-refractivity contribution in [1.82, 2.24) is 9.47 Å². The first-order valence-electron chi connectivity index (χ1n) is 18.8. The molecule has 2 unspecified atom stereocenters. The maximum absolute atomic E-state index is 13.9. The topological polar surface area (TPSA) is 42.3 Å². The van der Waals surface area contributed by atoms with E-state index in [1.807, 2.05) is 29.6 Å². The first-order valence-corrected chi connectivity index (χ1v) is 21.3. The first kappa shape index (κ1) is 36.3. The van der Waals surface area contributed by atoms with Gasteiger partial charge in [-0.1, -0.05) is 112 Å². The van der Waals surface area contributed by atoms with Gasteiger partial charge >= 0.3 is 0 Å². The summed E-state index contributed by atoms with van der Waals surface area (Å²) in [5.41, 5.74) is 4.04. The molecule has 5 rings (SSSR count). The average molecular weight is 695 g/mol. The number of aromatic nitrogens is 1. The highest BCUT2D eigenvalue weighted by Gasteiger charge is 2.41. The summed E-state index contributed by atoms with van der Waals surface area (Å²) in [6.45, 7) is 16.4. The molecule has 0 saturated heterocycles. The number of hydrogen-bond donors (Lipinski definition) is 0. The number of unbranched alkanes of at least 4 members (excludes halogenated alkanes) is 6. The largest absolute Gasteiger partial charge is 0.336 e. The third kappa shape index (κ3) is 7.62. The number of amides is 2. The smallest absolute Gasteiger partial charge is 0.263 e. The Hall–Kier alpha value is -1.96. The van der Waals surface area contributed by atoms with E-state index in [0.29, 0.717) is 23.7 Å². The van der Waals surface area contributed by atoms with Crippen LogP contribution in [0.15, 0.2) is 12.1 Å². The number of thiophene rings is 3. The van der Waals surface area contributed by atoms with E-state index in [0.717, 1.165) is 45.7 Å². The summed E-state index contributed by atoms with van der Waals surface area (Å²) < 4.78 is 5.47. The Labute approximate surface area is 295 Å². The Balaban J connectivity index is 1.56. The zero-order valence-electron chi connectivity index (χ0n) is 30.1. The van der Waals surface area contributed by atoms with Crippen molar-refractivity contribution in [1.29, 1.82) is 0 Å². The standard InChI is InChI=1S/C40H58N2O2S3/c1-8-13-16-17-18-21-41-39(43)34-27(7)46-38(35(34)40(41)44)33-25-32-37(47-33)36-31(22-26(6)45-36)42(32)30(23-28(11-4)19-14-9-2)24-29(12-5)20-15-10-3/h22,25,28-30H,8-21,23-24H2,1-7H3. The molecule has 258 valence electrons. The van der Waals surface area contributed by atoms with Crippen LogP contribution in [0.3, 0.4) is 0 Å². The van der Waals surface area contributed by atoms with E-state index in [1.54, 1.807) is 11.3 Å². The number of carbonyl (C=O) groups excluding carboxylic acids is 2. The van der Waals surface area contributed by atoms with Gasteiger partial charge in [0.15, 0.2) is 0 Å². The molecule has 7 heteroatoms. The molecule has 0 N–H and O–H groups in total. The minimum atomic E-state index is -0.0854. The van der Waals surface area contributed by atoms with Crippen LogP contribution in [-0.2, 0) is 0 Å². The molecule has 47 heavy (non-hydrogen) atoms. The Morgan fingerprint density at radius 2 is 1.23 bits per heavy atom. The molecule has 1 aliphatic rings. The van der Waals surface area contributed by atoms with Crippen LogP contribution in [0, 0.1) is 25.7 Å². The van der Waals surface area contributed by atoms with E-state index < -0.39 is 0 Å². The third-order valence-electron chi connectivity index (χ3n) is 10.6. The van der Waals surface area contributed by atoms with Crippen molar-refractivity contribution in [2.45, 2.75) is 151 Å². The SMILES string of the molecule is CCCCCCCN1C(=O)c2c(C)sc(-c3cc4c(s3)c3sc(C)cc3n4C(CC(CC)CCCC)CC(CC)CCCC)c2C1=O. The fourth-order valence-electron chi connectivity index (χ4n) is 7.86. The zero-order valence-corrected chi connectivity index (χ0v) is 32.6. The minimum absolute atomic E-state index is 0.0841. The molecule has 1 aliphatic heterocycles. The lowest BCUT2D eigenvalue weighted by Gasteiger charge is -2.29. The fourth-order valence-corrected chi connectivity index (χ4v) is 11.4. The van der Waals surface area contributed by atoms with E-state index in [2.05, 4.69) is 58.2 Å². The molecule has 0 fully saturated rings. The number of nitrogens with zero attached hydrogens (tertiary/aromatic N) is 2. The highest BCUT2D eigenvalue weighted by molar-refractivity contribution is 7.30. The monoisotopic (exact) mass is 694 g/mol. The van der Waals surface area contributed by atoms with Crippen molar-refractivity contribution < 1.29 is 9.59 Å². The van der Waals surface area contributed by atoms with Gasteiger partial charge in [0.25, 0.3) is 11.8 Å². The molecular weight excluding hydrogens is 637 g/mol. The van der Waals surface area contributed by atoms with Crippen LogP contribution < -0.4 is 0 Å². The molecule has 4 aromatic heterocycles. The van der Waals surface area contributed by atoms with E-state index in [1.165, 1.54) is 107 Å². The summed E-state index contributed by atoms with van der Waals surface area (Å²) in [6, 6.07) is 5.26. The van der Waals surface area contributed by atoms with Gasteiger partial charge in [0.05, 0.1) is 36.4 Å². The molecule has 4 aromatic rings. The van der Waals surface area contributed by atoms with Crippen molar-refractivity contribution in [3.05, 3.63) is 33.0 Å². The quantitative estimate of drug-likeness (QED) is 0.0682. The van der Waals surface area contributed by atoms with Gasteiger partial charge in [-0.15, -0.1) is 34.0 Å². The second-order valence-corrected chi connectivity index (χ2v) is 17.7. The van der Waals surface area contributed by atoms with E-state index in [4.69, 9.17) is 0 Å².